The van der Waals surface area contributed by atoms with Crippen LogP contribution in [0.25, 0.3) is 0 Å². The van der Waals surface area contributed by atoms with E-state index in [-0.39, 0.29) is 12.1 Å². The van der Waals surface area contributed by atoms with Crippen molar-refractivity contribution >= 4 is 5.82 Å². The predicted octanol–water partition coefficient (Wildman–Crippen LogP) is 1.86. The molecule has 0 amide bonds. The molecule has 1 fully saturated rings. The Bertz CT molecular complexity index is 638. The van der Waals surface area contributed by atoms with Crippen LogP contribution in [0.1, 0.15) is 17.2 Å². The maximum absolute atomic E-state index is 10.6. The van der Waals surface area contributed by atoms with Gasteiger partial charge >= 0.3 is 0 Å². The second-order valence-electron chi connectivity index (χ2n) is 6.13. The first-order chi connectivity index (χ1) is 10.8. The first kappa shape index (κ1) is 13.7. The molecule has 1 aliphatic heterocycles. The molecule has 4 rings (SSSR count). The molecule has 2 aromatic rings. The largest absolute Gasteiger partial charge is 0.387 e. The Kier molecular flexibility index (Phi) is 3.56. The van der Waals surface area contributed by atoms with E-state index in [4.69, 9.17) is 0 Å². The van der Waals surface area contributed by atoms with E-state index in [0.29, 0.717) is 0 Å². The summed E-state index contributed by atoms with van der Waals surface area (Å²) in [6.07, 6.45) is 2.46. The summed E-state index contributed by atoms with van der Waals surface area (Å²) in [5.74, 6) is 1.05. The number of rotatable bonds is 2. The molecule has 0 radical (unpaired) electrons. The van der Waals surface area contributed by atoms with Gasteiger partial charge in [-0.1, -0.05) is 30.3 Å². The molecule has 4 heteroatoms. The van der Waals surface area contributed by atoms with Crippen LogP contribution in [0.4, 0.5) is 5.82 Å². The minimum atomic E-state index is -0.349. The van der Waals surface area contributed by atoms with Gasteiger partial charge in [0, 0.05) is 38.4 Å². The summed E-state index contributed by atoms with van der Waals surface area (Å²) >= 11 is 0. The molecule has 2 aliphatic rings. The van der Waals surface area contributed by atoms with Gasteiger partial charge in [-0.25, -0.2) is 4.98 Å². The van der Waals surface area contributed by atoms with E-state index in [1.165, 1.54) is 5.56 Å². The van der Waals surface area contributed by atoms with Gasteiger partial charge < -0.3 is 10.0 Å². The molecule has 1 saturated heterocycles. The van der Waals surface area contributed by atoms with Gasteiger partial charge in [0.2, 0.25) is 0 Å². The molecule has 2 unspecified atom stereocenters. The van der Waals surface area contributed by atoms with Gasteiger partial charge in [-0.05, 0) is 29.7 Å². The van der Waals surface area contributed by atoms with Crippen molar-refractivity contribution in [1.82, 2.24) is 9.88 Å². The number of pyridine rings is 1. The fourth-order valence-corrected chi connectivity index (χ4v) is 3.71. The number of nitrogens with zero attached hydrogens (tertiary/aromatic N) is 3. The highest BCUT2D eigenvalue weighted by Crippen LogP contribution is 2.34. The lowest BCUT2D eigenvalue weighted by Crippen LogP contribution is -2.51. The van der Waals surface area contributed by atoms with Crippen molar-refractivity contribution < 1.29 is 5.11 Å². The van der Waals surface area contributed by atoms with Crippen LogP contribution >= 0.6 is 0 Å². The van der Waals surface area contributed by atoms with Gasteiger partial charge in [-0.2, -0.15) is 0 Å². The van der Waals surface area contributed by atoms with Crippen LogP contribution < -0.4 is 4.90 Å². The van der Waals surface area contributed by atoms with E-state index in [0.717, 1.165) is 44.0 Å². The summed E-state index contributed by atoms with van der Waals surface area (Å²) < 4.78 is 0. The molecule has 1 N–H and O–H groups in total. The summed E-state index contributed by atoms with van der Waals surface area (Å²) in [5, 5.41) is 10.6. The molecule has 0 saturated carbocycles. The van der Waals surface area contributed by atoms with E-state index in [9.17, 15) is 5.11 Å². The SMILES string of the molecule is OC1c2ccccc2CC1N1CCN(c2ccccn2)CC1. The van der Waals surface area contributed by atoms with E-state index in [2.05, 4.69) is 39.0 Å². The maximum Gasteiger partial charge on any atom is 0.128 e. The van der Waals surface area contributed by atoms with Gasteiger partial charge in [-0.3, -0.25) is 4.90 Å². The average molecular weight is 295 g/mol. The Labute approximate surface area is 131 Å². The molecule has 2 heterocycles. The van der Waals surface area contributed by atoms with E-state index in [1.54, 1.807) is 0 Å². The second kappa shape index (κ2) is 5.71. The molecule has 2 atom stereocenters. The lowest BCUT2D eigenvalue weighted by atomic mass is 10.1. The van der Waals surface area contributed by atoms with Crippen molar-refractivity contribution in [2.75, 3.05) is 31.1 Å². The average Bonchev–Trinajstić information content (AvgIpc) is 2.93. The molecular weight excluding hydrogens is 274 g/mol. The normalized spacial score (nSPS) is 25.2. The van der Waals surface area contributed by atoms with Crippen LogP contribution in [-0.2, 0) is 6.42 Å². The van der Waals surface area contributed by atoms with Crippen molar-refractivity contribution in [3.8, 4) is 0 Å². The lowest BCUT2D eigenvalue weighted by molar-refractivity contribution is 0.0571. The third-order valence-corrected chi connectivity index (χ3v) is 4.92. The minimum absolute atomic E-state index is 0.225. The third kappa shape index (κ3) is 2.38. The van der Waals surface area contributed by atoms with Crippen molar-refractivity contribution in [1.29, 1.82) is 0 Å². The van der Waals surface area contributed by atoms with Gasteiger partial charge in [0.1, 0.15) is 5.82 Å². The molecule has 114 valence electrons. The number of anilines is 1. The molecule has 1 aromatic heterocycles. The fourth-order valence-electron chi connectivity index (χ4n) is 3.71. The second-order valence-corrected chi connectivity index (χ2v) is 6.13. The first-order valence-electron chi connectivity index (χ1n) is 7.99. The summed E-state index contributed by atoms with van der Waals surface area (Å²) in [7, 11) is 0. The maximum atomic E-state index is 10.6. The molecule has 0 spiro atoms. The first-order valence-corrected chi connectivity index (χ1v) is 7.99. The standard InChI is InChI=1S/C18H21N3O/c22-18-15-6-2-1-5-14(15)13-16(18)20-9-11-21(12-10-20)17-7-3-4-8-19-17/h1-8,16,18,22H,9-13H2. The van der Waals surface area contributed by atoms with Crippen molar-refractivity contribution in [2.45, 2.75) is 18.6 Å². The summed E-state index contributed by atoms with van der Waals surface area (Å²) in [4.78, 5) is 9.19. The van der Waals surface area contributed by atoms with Crippen LogP contribution in [-0.4, -0.2) is 47.2 Å². The quantitative estimate of drug-likeness (QED) is 0.918. The van der Waals surface area contributed by atoms with E-state index in [1.807, 2.05) is 24.4 Å². The molecule has 0 bridgehead atoms. The Balaban J connectivity index is 1.43. The van der Waals surface area contributed by atoms with Crippen LogP contribution in [0, 0.1) is 0 Å². The summed E-state index contributed by atoms with van der Waals surface area (Å²) in [5.41, 5.74) is 2.41. The zero-order chi connectivity index (χ0) is 14.9. The van der Waals surface area contributed by atoms with Gasteiger partial charge in [0.15, 0.2) is 0 Å². The Morgan fingerprint density at radius 1 is 0.955 bits per heavy atom. The van der Waals surface area contributed by atoms with E-state index >= 15 is 0 Å². The lowest BCUT2D eigenvalue weighted by Gasteiger charge is -2.39. The fraction of sp³-hybridized carbons (Fsp3) is 0.389. The monoisotopic (exact) mass is 295 g/mol. The number of benzene rings is 1. The highest BCUT2D eigenvalue weighted by Gasteiger charge is 2.36. The van der Waals surface area contributed by atoms with Crippen LogP contribution in [0.5, 0.6) is 0 Å². The Morgan fingerprint density at radius 2 is 1.73 bits per heavy atom. The molecule has 4 nitrogen and oxygen atoms in total. The third-order valence-electron chi connectivity index (χ3n) is 4.92. The topological polar surface area (TPSA) is 39.6 Å². The predicted molar refractivity (Wildman–Crippen MR) is 86.9 cm³/mol. The number of hydrogen-bond acceptors (Lipinski definition) is 4. The number of aliphatic hydroxyl groups is 1. The van der Waals surface area contributed by atoms with Crippen LogP contribution in [0.15, 0.2) is 48.7 Å². The molecule has 22 heavy (non-hydrogen) atoms. The van der Waals surface area contributed by atoms with Gasteiger partial charge in [-0.15, -0.1) is 0 Å². The molecule has 1 aromatic carbocycles. The van der Waals surface area contributed by atoms with Gasteiger partial charge in [0.25, 0.3) is 0 Å². The van der Waals surface area contributed by atoms with Crippen LogP contribution in [0.3, 0.4) is 0 Å². The Hall–Kier alpha value is -1.91. The zero-order valence-electron chi connectivity index (χ0n) is 12.6. The summed E-state index contributed by atoms with van der Waals surface area (Å²) in [6, 6.07) is 14.6. The van der Waals surface area contributed by atoms with E-state index < -0.39 is 0 Å². The van der Waals surface area contributed by atoms with Crippen molar-refractivity contribution in [3.63, 3.8) is 0 Å². The van der Waals surface area contributed by atoms with Crippen molar-refractivity contribution in [2.24, 2.45) is 0 Å². The highest BCUT2D eigenvalue weighted by molar-refractivity contribution is 5.39. The number of piperazine rings is 1. The number of aromatic nitrogens is 1. The summed E-state index contributed by atoms with van der Waals surface area (Å²) in [6.45, 7) is 3.89. The smallest absolute Gasteiger partial charge is 0.128 e. The van der Waals surface area contributed by atoms with Crippen LogP contribution in [0.2, 0.25) is 0 Å². The number of fused-ring (bicyclic) bond motifs is 1. The minimum Gasteiger partial charge on any atom is -0.387 e. The zero-order valence-corrected chi connectivity index (χ0v) is 12.6. The van der Waals surface area contributed by atoms with Crippen molar-refractivity contribution in [3.05, 3.63) is 59.8 Å². The molecule has 1 aliphatic carbocycles. The number of hydrogen-bond donors (Lipinski definition) is 1. The molecular formula is C18H21N3O. The highest BCUT2D eigenvalue weighted by atomic mass is 16.3. The van der Waals surface area contributed by atoms with Gasteiger partial charge in [0.05, 0.1) is 6.10 Å². The number of aliphatic hydroxyl groups excluding tert-OH is 1. The Morgan fingerprint density at radius 3 is 2.45 bits per heavy atom.